The molecule has 4 rings (SSSR count). The van der Waals surface area contributed by atoms with Gasteiger partial charge >= 0.3 is 0 Å². The van der Waals surface area contributed by atoms with Gasteiger partial charge in [-0.05, 0) is 54.3 Å². The Morgan fingerprint density at radius 1 is 1.00 bits per heavy atom. The van der Waals surface area contributed by atoms with Gasteiger partial charge in [0.1, 0.15) is 11.6 Å². The molecular formula is C30H35BrFN5O2. The van der Waals surface area contributed by atoms with Gasteiger partial charge in [0.05, 0.1) is 7.11 Å². The van der Waals surface area contributed by atoms with E-state index in [4.69, 9.17) is 10.1 Å². The molecule has 0 atom stereocenters. The van der Waals surface area contributed by atoms with Crippen LogP contribution in [-0.2, 0) is 19.4 Å². The van der Waals surface area contributed by atoms with Crippen LogP contribution in [0.2, 0.25) is 0 Å². The van der Waals surface area contributed by atoms with Gasteiger partial charge in [-0.2, -0.15) is 0 Å². The number of hydrogen-bond acceptors (Lipinski definition) is 5. The summed E-state index contributed by atoms with van der Waals surface area (Å²) >= 11 is 3.46. The lowest BCUT2D eigenvalue weighted by atomic mass is 9.98. The van der Waals surface area contributed by atoms with Crippen molar-refractivity contribution < 1.29 is 13.9 Å². The normalized spacial score (nSPS) is 14.1. The number of hydrogen-bond donors (Lipinski definition) is 3. The molecule has 9 heteroatoms. The van der Waals surface area contributed by atoms with Crippen LogP contribution in [0.4, 0.5) is 4.39 Å². The minimum atomic E-state index is -0.502. The molecule has 0 radical (unpaired) electrons. The van der Waals surface area contributed by atoms with Crippen LogP contribution >= 0.6 is 15.9 Å². The van der Waals surface area contributed by atoms with Crippen LogP contribution in [0.25, 0.3) is 0 Å². The van der Waals surface area contributed by atoms with E-state index in [1.807, 2.05) is 24.3 Å². The fraction of sp³-hybridized carbons (Fsp3) is 0.333. The van der Waals surface area contributed by atoms with Crippen molar-refractivity contribution in [1.29, 1.82) is 5.41 Å². The zero-order valence-corrected chi connectivity index (χ0v) is 23.8. The van der Waals surface area contributed by atoms with Crippen LogP contribution in [-0.4, -0.2) is 68.0 Å². The second-order valence-corrected chi connectivity index (χ2v) is 10.5. The molecule has 0 bridgehead atoms. The molecule has 0 saturated carbocycles. The summed E-state index contributed by atoms with van der Waals surface area (Å²) in [6, 6.07) is 20.6. The van der Waals surface area contributed by atoms with Crippen molar-refractivity contribution in [1.82, 2.24) is 20.4 Å². The maximum absolute atomic E-state index is 14.8. The fourth-order valence-electron chi connectivity index (χ4n) is 4.80. The van der Waals surface area contributed by atoms with Gasteiger partial charge in [-0.15, -0.1) is 0 Å². The molecule has 1 heterocycles. The Bertz CT molecular complexity index is 1270. The Kier molecular flexibility index (Phi) is 10.5. The SMILES string of the molecule is COc1ccc(Br)cc1CCc1c(F)cccc1C(=O)NC(=N)NCCN1CCN(Cc2ccccc2)CC1. The Morgan fingerprint density at radius 3 is 2.49 bits per heavy atom. The lowest BCUT2D eigenvalue weighted by Crippen LogP contribution is -2.49. The number of nitrogens with one attached hydrogen (secondary N) is 3. The largest absolute Gasteiger partial charge is 0.496 e. The highest BCUT2D eigenvalue weighted by molar-refractivity contribution is 9.10. The topological polar surface area (TPSA) is 80.7 Å². The molecule has 0 spiro atoms. The first-order chi connectivity index (χ1) is 18.9. The summed E-state index contributed by atoms with van der Waals surface area (Å²) in [6.45, 7) is 6.19. The standard InChI is InChI=1S/C30H35BrFN5O2/c1-39-28-13-11-24(31)20-23(28)10-12-25-26(8-5-9-27(25)32)29(38)35-30(33)34-14-15-36-16-18-37(19-17-36)21-22-6-3-2-4-7-22/h2-9,11,13,20H,10,12,14-19,21H2,1H3,(H3,33,34,35,38). The number of halogens is 2. The summed E-state index contributed by atoms with van der Waals surface area (Å²) in [5.41, 5.74) is 2.78. The van der Waals surface area contributed by atoms with Crippen molar-refractivity contribution in [3.63, 3.8) is 0 Å². The first kappa shape index (κ1) is 28.7. The maximum Gasteiger partial charge on any atom is 0.258 e. The van der Waals surface area contributed by atoms with Crippen LogP contribution in [0, 0.1) is 11.2 Å². The number of rotatable bonds is 10. The van der Waals surface area contributed by atoms with Gasteiger partial charge in [-0.25, -0.2) is 4.39 Å². The van der Waals surface area contributed by atoms with Crippen LogP contribution < -0.4 is 15.4 Å². The molecule has 3 aromatic rings. The minimum Gasteiger partial charge on any atom is -0.496 e. The molecule has 1 saturated heterocycles. The van der Waals surface area contributed by atoms with Gasteiger partial charge in [-0.1, -0.05) is 52.3 Å². The summed E-state index contributed by atoms with van der Waals surface area (Å²) < 4.78 is 21.1. The number of benzene rings is 3. The summed E-state index contributed by atoms with van der Waals surface area (Å²) in [5, 5.41) is 13.7. The van der Waals surface area contributed by atoms with E-state index in [1.54, 1.807) is 13.2 Å². The number of methoxy groups -OCH3 is 1. The second kappa shape index (κ2) is 14.2. The fourth-order valence-corrected chi connectivity index (χ4v) is 5.21. The molecule has 206 valence electrons. The third-order valence-electron chi connectivity index (χ3n) is 6.93. The number of guanidine groups is 1. The van der Waals surface area contributed by atoms with E-state index in [0.717, 1.165) is 49.3 Å². The van der Waals surface area contributed by atoms with E-state index in [-0.39, 0.29) is 11.5 Å². The third kappa shape index (κ3) is 8.36. The molecule has 0 aliphatic carbocycles. The van der Waals surface area contributed by atoms with Crippen molar-refractivity contribution in [2.75, 3.05) is 46.4 Å². The maximum atomic E-state index is 14.8. The Balaban J connectivity index is 1.23. The quantitative estimate of drug-likeness (QED) is 0.238. The molecule has 1 fully saturated rings. The summed E-state index contributed by atoms with van der Waals surface area (Å²) in [6.07, 6.45) is 0.817. The number of piperazine rings is 1. The van der Waals surface area contributed by atoms with E-state index in [2.05, 4.69) is 60.6 Å². The molecule has 1 aliphatic heterocycles. The van der Waals surface area contributed by atoms with E-state index in [0.29, 0.717) is 30.7 Å². The highest BCUT2D eigenvalue weighted by atomic mass is 79.9. The smallest absolute Gasteiger partial charge is 0.258 e. The lowest BCUT2D eigenvalue weighted by molar-refractivity contribution is 0.0973. The Labute approximate surface area is 238 Å². The highest BCUT2D eigenvalue weighted by Gasteiger charge is 2.19. The highest BCUT2D eigenvalue weighted by Crippen LogP contribution is 2.25. The van der Waals surface area contributed by atoms with Gasteiger partial charge in [0.15, 0.2) is 5.96 Å². The van der Waals surface area contributed by atoms with Crippen LogP contribution in [0.5, 0.6) is 5.75 Å². The number of nitrogens with zero attached hydrogens (tertiary/aromatic N) is 2. The zero-order valence-electron chi connectivity index (χ0n) is 22.2. The predicted octanol–water partition coefficient (Wildman–Crippen LogP) is 4.45. The van der Waals surface area contributed by atoms with Crippen LogP contribution in [0.1, 0.15) is 27.0 Å². The first-order valence-electron chi connectivity index (χ1n) is 13.1. The zero-order chi connectivity index (χ0) is 27.6. The Morgan fingerprint density at radius 2 is 1.74 bits per heavy atom. The van der Waals surface area contributed by atoms with Crippen molar-refractivity contribution in [2.45, 2.75) is 19.4 Å². The molecule has 1 amide bonds. The van der Waals surface area contributed by atoms with Crippen LogP contribution in [0.3, 0.4) is 0 Å². The predicted molar refractivity (Wildman–Crippen MR) is 156 cm³/mol. The van der Waals surface area contributed by atoms with Gasteiger partial charge in [0.2, 0.25) is 0 Å². The van der Waals surface area contributed by atoms with E-state index < -0.39 is 11.7 Å². The molecule has 0 unspecified atom stereocenters. The average Bonchev–Trinajstić information content (AvgIpc) is 2.94. The van der Waals surface area contributed by atoms with Crippen molar-refractivity contribution in [3.8, 4) is 5.75 Å². The Hall–Kier alpha value is -3.27. The molecular weight excluding hydrogens is 561 g/mol. The number of carbonyl (C=O) groups excluding carboxylic acids is 1. The number of ether oxygens (including phenoxy) is 1. The number of aryl methyl sites for hydroxylation is 1. The van der Waals surface area contributed by atoms with E-state index in [1.165, 1.54) is 17.7 Å². The van der Waals surface area contributed by atoms with Crippen LogP contribution in [0.15, 0.2) is 71.2 Å². The number of amides is 1. The average molecular weight is 597 g/mol. The van der Waals surface area contributed by atoms with Gasteiger partial charge < -0.3 is 10.1 Å². The summed E-state index contributed by atoms with van der Waals surface area (Å²) in [7, 11) is 1.60. The molecule has 3 aromatic carbocycles. The molecule has 7 nitrogen and oxygen atoms in total. The molecule has 3 N–H and O–H groups in total. The van der Waals surface area contributed by atoms with E-state index >= 15 is 0 Å². The molecule has 0 aromatic heterocycles. The monoisotopic (exact) mass is 595 g/mol. The second-order valence-electron chi connectivity index (χ2n) is 9.58. The summed E-state index contributed by atoms with van der Waals surface area (Å²) in [4.78, 5) is 17.8. The van der Waals surface area contributed by atoms with Gasteiger partial charge in [0.25, 0.3) is 5.91 Å². The third-order valence-corrected chi connectivity index (χ3v) is 7.43. The van der Waals surface area contributed by atoms with Gasteiger partial charge in [0, 0.05) is 61.4 Å². The minimum absolute atomic E-state index is 0.0911. The van der Waals surface area contributed by atoms with E-state index in [9.17, 15) is 9.18 Å². The van der Waals surface area contributed by atoms with Crippen molar-refractivity contribution in [2.24, 2.45) is 0 Å². The molecule has 39 heavy (non-hydrogen) atoms. The molecule has 1 aliphatic rings. The number of carbonyl (C=O) groups is 1. The first-order valence-corrected chi connectivity index (χ1v) is 13.9. The van der Waals surface area contributed by atoms with Gasteiger partial charge in [-0.3, -0.25) is 25.3 Å². The van der Waals surface area contributed by atoms with Crippen molar-refractivity contribution >= 4 is 27.8 Å². The lowest BCUT2D eigenvalue weighted by Gasteiger charge is -2.34. The summed E-state index contributed by atoms with van der Waals surface area (Å²) in [5.74, 6) is -0.323. The van der Waals surface area contributed by atoms with Crippen molar-refractivity contribution in [3.05, 3.63) is 99.3 Å².